The molecule has 0 fully saturated rings. The van der Waals surface area contributed by atoms with Gasteiger partial charge in [0, 0.05) is 16.5 Å². The molecule has 0 aromatic heterocycles. The number of benzene rings is 1. The number of nitrogens with two attached hydrogens (primary N) is 1. The Morgan fingerprint density at radius 2 is 2.29 bits per heavy atom. The topological polar surface area (TPSA) is 35.2 Å². The lowest BCUT2D eigenvalue weighted by Crippen LogP contribution is -2.21. The molecule has 94 valence electrons. The first-order valence-corrected chi connectivity index (χ1v) is 7.17. The molecule has 2 rings (SSSR count). The number of ether oxygens (including phenoxy) is 1. The predicted octanol–water partition coefficient (Wildman–Crippen LogP) is 3.15. The minimum Gasteiger partial charge on any atom is -0.497 e. The summed E-state index contributed by atoms with van der Waals surface area (Å²) < 4.78 is 5.26. The van der Waals surface area contributed by atoms with Gasteiger partial charge in [-0.1, -0.05) is 19.9 Å². The van der Waals surface area contributed by atoms with Gasteiger partial charge >= 0.3 is 0 Å². The number of methoxy groups -OCH3 is 1. The number of fused-ring (bicyclic) bond motifs is 1. The van der Waals surface area contributed by atoms with Crippen molar-refractivity contribution in [3.05, 3.63) is 29.3 Å². The lowest BCUT2D eigenvalue weighted by Gasteiger charge is -2.19. The highest BCUT2D eigenvalue weighted by atomic mass is 32.2. The molecule has 0 spiro atoms. The van der Waals surface area contributed by atoms with Crippen molar-refractivity contribution >= 4 is 11.8 Å². The molecule has 1 aliphatic carbocycles. The van der Waals surface area contributed by atoms with Crippen LogP contribution >= 0.6 is 11.8 Å². The van der Waals surface area contributed by atoms with Crippen LogP contribution in [-0.2, 0) is 6.42 Å². The van der Waals surface area contributed by atoms with E-state index in [1.807, 2.05) is 17.8 Å². The Bertz CT molecular complexity index is 394. The van der Waals surface area contributed by atoms with Crippen molar-refractivity contribution in [2.75, 3.05) is 7.11 Å². The van der Waals surface area contributed by atoms with E-state index < -0.39 is 0 Å². The van der Waals surface area contributed by atoms with Crippen molar-refractivity contribution in [2.24, 2.45) is 5.73 Å². The van der Waals surface area contributed by atoms with Gasteiger partial charge in [0.1, 0.15) is 5.75 Å². The summed E-state index contributed by atoms with van der Waals surface area (Å²) in [6.45, 7) is 4.51. The second kappa shape index (κ2) is 5.32. The highest BCUT2D eigenvalue weighted by Crippen LogP contribution is 2.40. The van der Waals surface area contributed by atoms with Crippen molar-refractivity contribution in [3.8, 4) is 5.75 Å². The molecule has 0 amide bonds. The first-order valence-electron chi connectivity index (χ1n) is 6.23. The summed E-state index contributed by atoms with van der Waals surface area (Å²) in [4.78, 5) is 0. The molecule has 3 atom stereocenters. The first-order chi connectivity index (χ1) is 8.15. The molecule has 1 aliphatic rings. The van der Waals surface area contributed by atoms with Crippen LogP contribution in [0.2, 0.25) is 0 Å². The minimum absolute atomic E-state index is 0.152. The average molecular weight is 251 g/mol. The van der Waals surface area contributed by atoms with Crippen LogP contribution in [0, 0.1) is 0 Å². The smallest absolute Gasteiger partial charge is 0.119 e. The molecular formula is C14H21NOS. The fourth-order valence-corrected chi connectivity index (χ4v) is 3.65. The zero-order chi connectivity index (χ0) is 12.4. The summed E-state index contributed by atoms with van der Waals surface area (Å²) in [5, 5.41) is 1.20. The van der Waals surface area contributed by atoms with Gasteiger partial charge in [-0.15, -0.1) is 0 Å². The molecule has 3 heteroatoms. The van der Waals surface area contributed by atoms with Gasteiger partial charge in [0.25, 0.3) is 0 Å². The quantitative estimate of drug-likeness (QED) is 0.893. The highest BCUT2D eigenvalue weighted by Gasteiger charge is 2.31. The third-order valence-corrected chi connectivity index (χ3v) is 5.12. The summed E-state index contributed by atoms with van der Waals surface area (Å²) in [5.41, 5.74) is 9.00. The Hall–Kier alpha value is -0.670. The van der Waals surface area contributed by atoms with Crippen LogP contribution in [0.4, 0.5) is 0 Å². The van der Waals surface area contributed by atoms with E-state index in [0.717, 1.165) is 12.2 Å². The largest absolute Gasteiger partial charge is 0.497 e. The van der Waals surface area contributed by atoms with Gasteiger partial charge < -0.3 is 10.5 Å². The molecule has 3 unspecified atom stereocenters. The molecule has 0 aliphatic heterocycles. The Morgan fingerprint density at radius 1 is 1.53 bits per heavy atom. The van der Waals surface area contributed by atoms with Crippen LogP contribution in [0.25, 0.3) is 0 Å². The molecule has 0 radical (unpaired) electrons. The summed E-state index contributed by atoms with van der Waals surface area (Å²) in [5.74, 6) is 0.911. The van der Waals surface area contributed by atoms with Crippen molar-refractivity contribution in [2.45, 2.75) is 43.2 Å². The van der Waals surface area contributed by atoms with Gasteiger partial charge in [-0.3, -0.25) is 0 Å². The Balaban J connectivity index is 2.15. The van der Waals surface area contributed by atoms with E-state index in [9.17, 15) is 0 Å². The van der Waals surface area contributed by atoms with Crippen LogP contribution in [0.3, 0.4) is 0 Å². The van der Waals surface area contributed by atoms with E-state index >= 15 is 0 Å². The molecule has 0 saturated heterocycles. The van der Waals surface area contributed by atoms with Crippen LogP contribution in [0.1, 0.15) is 37.4 Å². The molecule has 1 aromatic carbocycles. The standard InChI is InChI=1S/C14H21NOS/c1-4-9(2)17-13-7-10-5-6-11(16-3)8-12(10)14(13)15/h5-6,8-9,13-14H,4,7,15H2,1-3H3. The van der Waals surface area contributed by atoms with Crippen molar-refractivity contribution < 1.29 is 4.74 Å². The van der Waals surface area contributed by atoms with E-state index in [1.54, 1.807) is 7.11 Å². The maximum Gasteiger partial charge on any atom is 0.119 e. The molecule has 0 bridgehead atoms. The SMILES string of the molecule is CCC(C)SC1Cc2ccc(OC)cc2C1N. The minimum atomic E-state index is 0.152. The summed E-state index contributed by atoms with van der Waals surface area (Å²) in [6.07, 6.45) is 2.29. The zero-order valence-electron chi connectivity index (χ0n) is 10.8. The normalized spacial score (nSPS) is 24.5. The molecule has 0 heterocycles. The van der Waals surface area contributed by atoms with E-state index in [1.165, 1.54) is 17.5 Å². The average Bonchev–Trinajstić information content (AvgIpc) is 2.66. The van der Waals surface area contributed by atoms with Gasteiger partial charge in [-0.25, -0.2) is 0 Å². The number of rotatable bonds is 4. The molecule has 1 aromatic rings. The summed E-state index contributed by atoms with van der Waals surface area (Å²) in [6, 6.07) is 6.43. The predicted molar refractivity (Wildman–Crippen MR) is 74.8 cm³/mol. The monoisotopic (exact) mass is 251 g/mol. The Morgan fingerprint density at radius 3 is 2.94 bits per heavy atom. The Kier molecular flexibility index (Phi) is 4.00. The molecule has 17 heavy (non-hydrogen) atoms. The highest BCUT2D eigenvalue weighted by molar-refractivity contribution is 8.00. The fourth-order valence-electron chi connectivity index (χ4n) is 2.27. The van der Waals surface area contributed by atoms with Crippen LogP contribution in [-0.4, -0.2) is 17.6 Å². The number of hydrogen-bond acceptors (Lipinski definition) is 3. The maximum atomic E-state index is 6.34. The second-order valence-corrected chi connectivity index (χ2v) is 6.37. The van der Waals surface area contributed by atoms with E-state index in [-0.39, 0.29) is 6.04 Å². The molecule has 0 saturated carbocycles. The molecule has 2 N–H and O–H groups in total. The van der Waals surface area contributed by atoms with E-state index in [2.05, 4.69) is 26.0 Å². The summed E-state index contributed by atoms with van der Waals surface area (Å²) >= 11 is 2.02. The van der Waals surface area contributed by atoms with Gasteiger partial charge in [0.15, 0.2) is 0 Å². The van der Waals surface area contributed by atoms with Crippen molar-refractivity contribution in [1.29, 1.82) is 0 Å². The maximum absolute atomic E-state index is 6.34. The molecular weight excluding hydrogens is 230 g/mol. The van der Waals surface area contributed by atoms with Crippen LogP contribution in [0.15, 0.2) is 18.2 Å². The third-order valence-electron chi connectivity index (χ3n) is 3.52. The van der Waals surface area contributed by atoms with Crippen LogP contribution in [0.5, 0.6) is 5.75 Å². The van der Waals surface area contributed by atoms with Crippen molar-refractivity contribution in [3.63, 3.8) is 0 Å². The summed E-state index contributed by atoms with van der Waals surface area (Å²) in [7, 11) is 1.70. The van der Waals surface area contributed by atoms with Gasteiger partial charge in [0.2, 0.25) is 0 Å². The van der Waals surface area contributed by atoms with Crippen LogP contribution < -0.4 is 10.5 Å². The van der Waals surface area contributed by atoms with Gasteiger partial charge in [-0.05, 0) is 36.1 Å². The van der Waals surface area contributed by atoms with E-state index in [0.29, 0.717) is 10.5 Å². The zero-order valence-corrected chi connectivity index (χ0v) is 11.6. The van der Waals surface area contributed by atoms with Crippen molar-refractivity contribution in [1.82, 2.24) is 0 Å². The Labute approximate surface area is 108 Å². The number of thioether (sulfide) groups is 1. The second-order valence-electron chi connectivity index (χ2n) is 4.69. The third kappa shape index (κ3) is 2.61. The first kappa shape index (κ1) is 12.8. The lowest BCUT2D eigenvalue weighted by atomic mass is 10.1. The molecule has 2 nitrogen and oxygen atoms in total. The van der Waals surface area contributed by atoms with Gasteiger partial charge in [-0.2, -0.15) is 11.8 Å². The van der Waals surface area contributed by atoms with E-state index in [4.69, 9.17) is 10.5 Å². The fraction of sp³-hybridized carbons (Fsp3) is 0.571. The lowest BCUT2D eigenvalue weighted by molar-refractivity contribution is 0.414. The number of hydrogen-bond donors (Lipinski definition) is 1. The van der Waals surface area contributed by atoms with Gasteiger partial charge in [0.05, 0.1) is 7.11 Å².